The molecular formula is C15H11NO6S. The van der Waals surface area contributed by atoms with Crippen LogP contribution in [0.4, 0.5) is 5.69 Å². The van der Waals surface area contributed by atoms with Crippen molar-refractivity contribution in [2.45, 2.75) is 4.90 Å². The summed E-state index contributed by atoms with van der Waals surface area (Å²) in [4.78, 5) is 9.81. The Morgan fingerprint density at radius 3 is 2.74 bits per heavy atom. The highest BCUT2D eigenvalue weighted by atomic mass is 32.2. The lowest BCUT2D eigenvalue weighted by Gasteiger charge is -2.16. The minimum Gasteiger partial charge on any atom is -0.485 e. The zero-order valence-electron chi connectivity index (χ0n) is 11.7. The van der Waals surface area contributed by atoms with Crippen LogP contribution in [0.15, 0.2) is 53.4 Å². The van der Waals surface area contributed by atoms with E-state index in [1.807, 2.05) is 0 Å². The van der Waals surface area contributed by atoms with Crippen LogP contribution in [0.1, 0.15) is 5.56 Å². The van der Waals surface area contributed by atoms with E-state index < -0.39 is 15.0 Å². The maximum absolute atomic E-state index is 12.3. The average Bonchev–Trinajstić information content (AvgIpc) is 2.55. The Hall–Kier alpha value is -2.87. The maximum Gasteiger partial charge on any atom is 0.339 e. The first-order valence-electron chi connectivity index (χ1n) is 6.59. The molecule has 0 atom stereocenters. The van der Waals surface area contributed by atoms with Gasteiger partial charge in [0.15, 0.2) is 11.5 Å². The van der Waals surface area contributed by atoms with Crippen LogP contribution >= 0.6 is 0 Å². The number of non-ortho nitro benzene ring substituents is 1. The molecule has 1 aliphatic rings. The van der Waals surface area contributed by atoms with E-state index in [-0.39, 0.29) is 16.3 Å². The van der Waals surface area contributed by atoms with Gasteiger partial charge in [-0.25, -0.2) is 0 Å². The number of nitro benzene ring substituents is 1. The van der Waals surface area contributed by atoms with Crippen molar-refractivity contribution in [3.05, 3.63) is 64.2 Å². The van der Waals surface area contributed by atoms with E-state index in [1.54, 1.807) is 24.3 Å². The molecular weight excluding hydrogens is 322 g/mol. The van der Waals surface area contributed by atoms with Gasteiger partial charge in [-0.3, -0.25) is 10.1 Å². The Labute approximate surface area is 132 Å². The monoisotopic (exact) mass is 333 g/mol. The normalized spacial score (nSPS) is 13.0. The molecule has 0 fully saturated rings. The van der Waals surface area contributed by atoms with Crippen molar-refractivity contribution in [3.63, 3.8) is 0 Å². The number of benzene rings is 2. The fraction of sp³-hybridized carbons (Fsp3) is 0.0667. The number of fused-ring (bicyclic) bond motifs is 1. The first-order chi connectivity index (χ1) is 11.0. The summed E-state index contributed by atoms with van der Waals surface area (Å²) in [5, 5.41) is 10.8. The molecule has 1 aliphatic heterocycles. The zero-order chi connectivity index (χ0) is 16.4. The molecule has 1 heterocycles. The van der Waals surface area contributed by atoms with Gasteiger partial charge < -0.3 is 8.92 Å². The van der Waals surface area contributed by atoms with Crippen LogP contribution in [-0.4, -0.2) is 19.9 Å². The lowest BCUT2D eigenvalue weighted by molar-refractivity contribution is -0.385. The lowest BCUT2D eigenvalue weighted by Crippen LogP contribution is -2.12. The number of hydrogen-bond donors (Lipinski definition) is 0. The molecule has 0 saturated carbocycles. The van der Waals surface area contributed by atoms with Crippen molar-refractivity contribution in [1.82, 2.24) is 0 Å². The molecule has 8 heteroatoms. The molecule has 0 radical (unpaired) electrons. The SMILES string of the molecule is O=[N+]([O-])c1cccc(S(=O)(=O)Oc2cccc3c2OCC=C3)c1. The highest BCUT2D eigenvalue weighted by Crippen LogP contribution is 2.36. The molecule has 0 spiro atoms. The molecule has 118 valence electrons. The molecule has 7 nitrogen and oxygen atoms in total. The summed E-state index contributed by atoms with van der Waals surface area (Å²) in [6.45, 7) is 0.310. The van der Waals surface area contributed by atoms with Crippen LogP contribution < -0.4 is 8.92 Å². The van der Waals surface area contributed by atoms with E-state index >= 15 is 0 Å². The molecule has 2 aromatic rings. The zero-order valence-corrected chi connectivity index (χ0v) is 12.5. The van der Waals surface area contributed by atoms with Gasteiger partial charge in [0.2, 0.25) is 0 Å². The topological polar surface area (TPSA) is 95.7 Å². The second kappa shape index (κ2) is 5.73. The molecule has 0 bridgehead atoms. The number of nitrogens with zero attached hydrogens (tertiary/aromatic N) is 1. The standard InChI is InChI=1S/C15H11NO6S/c17-16(18)12-6-2-7-13(10-12)23(19,20)22-14-8-1-4-11-5-3-9-21-15(11)14/h1-8,10H,9H2. The van der Waals surface area contributed by atoms with Gasteiger partial charge in [0.25, 0.3) is 5.69 Å². The quantitative estimate of drug-likeness (QED) is 0.485. The predicted octanol–water partition coefficient (Wildman–Crippen LogP) is 2.77. The summed E-state index contributed by atoms with van der Waals surface area (Å²) in [5.74, 6) is 0.363. The molecule has 3 rings (SSSR count). The third kappa shape index (κ3) is 3.02. The van der Waals surface area contributed by atoms with Gasteiger partial charge in [0.05, 0.1) is 4.92 Å². The summed E-state index contributed by atoms with van der Waals surface area (Å²) in [6.07, 6.45) is 3.59. The minimum absolute atomic E-state index is 0.0401. The van der Waals surface area contributed by atoms with Gasteiger partial charge in [-0.15, -0.1) is 0 Å². The maximum atomic E-state index is 12.3. The van der Waals surface area contributed by atoms with Crippen molar-refractivity contribution >= 4 is 21.9 Å². The summed E-state index contributed by atoms with van der Waals surface area (Å²) in [5.41, 5.74) is 0.368. The van der Waals surface area contributed by atoms with Gasteiger partial charge in [0, 0.05) is 17.7 Å². The van der Waals surface area contributed by atoms with E-state index in [2.05, 4.69) is 0 Å². The highest BCUT2D eigenvalue weighted by molar-refractivity contribution is 7.87. The van der Waals surface area contributed by atoms with E-state index in [4.69, 9.17) is 8.92 Å². The number of hydrogen-bond acceptors (Lipinski definition) is 6. The number of rotatable bonds is 4. The third-order valence-electron chi connectivity index (χ3n) is 3.15. The van der Waals surface area contributed by atoms with Gasteiger partial charge in [-0.05, 0) is 18.2 Å². The molecule has 0 aromatic heterocycles. The number of para-hydroxylation sites is 1. The van der Waals surface area contributed by atoms with E-state index in [1.165, 1.54) is 24.3 Å². The lowest BCUT2D eigenvalue weighted by atomic mass is 10.1. The van der Waals surface area contributed by atoms with Gasteiger partial charge in [0.1, 0.15) is 11.5 Å². The Morgan fingerprint density at radius 2 is 1.96 bits per heavy atom. The molecule has 0 aliphatic carbocycles. The van der Waals surface area contributed by atoms with Crippen LogP contribution in [0.25, 0.3) is 6.08 Å². The van der Waals surface area contributed by atoms with E-state index in [0.29, 0.717) is 17.9 Å². The van der Waals surface area contributed by atoms with Crippen LogP contribution in [-0.2, 0) is 10.1 Å². The number of ether oxygens (including phenoxy) is 1. The largest absolute Gasteiger partial charge is 0.485 e. The smallest absolute Gasteiger partial charge is 0.339 e. The second-order valence-corrected chi connectivity index (χ2v) is 6.23. The second-order valence-electron chi connectivity index (χ2n) is 4.68. The van der Waals surface area contributed by atoms with E-state index in [9.17, 15) is 18.5 Å². The summed E-state index contributed by atoms with van der Waals surface area (Å²) < 4.78 is 35.2. The van der Waals surface area contributed by atoms with Crippen LogP contribution in [0.5, 0.6) is 11.5 Å². The average molecular weight is 333 g/mol. The fourth-order valence-corrected chi connectivity index (χ4v) is 3.08. The van der Waals surface area contributed by atoms with Crippen molar-refractivity contribution in [1.29, 1.82) is 0 Å². The Kier molecular flexibility index (Phi) is 3.75. The summed E-state index contributed by atoms with van der Waals surface area (Å²) in [6, 6.07) is 9.54. The van der Waals surface area contributed by atoms with Crippen LogP contribution in [0.3, 0.4) is 0 Å². The molecule has 0 amide bonds. The van der Waals surface area contributed by atoms with Crippen molar-refractivity contribution in [2.24, 2.45) is 0 Å². The summed E-state index contributed by atoms with van der Waals surface area (Å²) in [7, 11) is -4.21. The molecule has 2 aromatic carbocycles. The number of nitro groups is 1. The Balaban J connectivity index is 1.98. The minimum atomic E-state index is -4.21. The third-order valence-corrected chi connectivity index (χ3v) is 4.38. The Morgan fingerprint density at radius 1 is 1.17 bits per heavy atom. The van der Waals surface area contributed by atoms with Crippen molar-refractivity contribution < 1.29 is 22.3 Å². The molecule has 23 heavy (non-hydrogen) atoms. The Bertz CT molecular complexity index is 904. The van der Waals surface area contributed by atoms with Gasteiger partial charge in [-0.1, -0.05) is 24.3 Å². The highest BCUT2D eigenvalue weighted by Gasteiger charge is 2.23. The van der Waals surface area contributed by atoms with Gasteiger partial charge >= 0.3 is 10.1 Å². The molecule has 0 saturated heterocycles. The van der Waals surface area contributed by atoms with Crippen molar-refractivity contribution in [3.8, 4) is 11.5 Å². The fourth-order valence-electron chi connectivity index (χ4n) is 2.11. The van der Waals surface area contributed by atoms with Crippen molar-refractivity contribution in [2.75, 3.05) is 6.61 Å². The first-order valence-corrected chi connectivity index (χ1v) is 7.99. The van der Waals surface area contributed by atoms with Gasteiger partial charge in [-0.2, -0.15) is 8.42 Å². The molecule has 0 N–H and O–H groups in total. The van der Waals surface area contributed by atoms with Crippen LogP contribution in [0.2, 0.25) is 0 Å². The van der Waals surface area contributed by atoms with Crippen LogP contribution in [0, 0.1) is 10.1 Å². The summed E-state index contributed by atoms with van der Waals surface area (Å²) >= 11 is 0. The molecule has 0 unspecified atom stereocenters. The van der Waals surface area contributed by atoms with E-state index in [0.717, 1.165) is 6.07 Å². The first kappa shape index (κ1) is 15.0. The predicted molar refractivity (Wildman–Crippen MR) is 81.9 cm³/mol.